The van der Waals surface area contributed by atoms with E-state index in [0.29, 0.717) is 18.0 Å². The first-order valence-corrected chi connectivity index (χ1v) is 8.15. The minimum absolute atomic E-state index is 0.353. The van der Waals surface area contributed by atoms with Gasteiger partial charge in [-0.05, 0) is 32.0 Å². The summed E-state index contributed by atoms with van der Waals surface area (Å²) in [6.45, 7) is 14.4. The van der Waals surface area contributed by atoms with Crippen molar-refractivity contribution in [1.82, 2.24) is 10.2 Å². The maximum absolute atomic E-state index is 5.52. The topological polar surface area (TPSA) is 24.5 Å². The second kappa shape index (κ2) is 9.06. The Kier molecular flexibility index (Phi) is 7.76. The fraction of sp³-hybridized carbons (Fsp3) is 0.667. The van der Waals surface area contributed by atoms with Crippen LogP contribution in [0.25, 0.3) is 0 Å². The molecule has 0 amide bonds. The molecule has 0 unspecified atom stereocenters. The van der Waals surface area contributed by atoms with Crippen LogP contribution in [0.15, 0.2) is 24.3 Å². The van der Waals surface area contributed by atoms with Gasteiger partial charge in [-0.1, -0.05) is 45.9 Å². The minimum Gasteiger partial charge on any atom is -0.496 e. The SMILES string of the molecule is CCN[C@H](CN(CC)[C@@H](C)c1ccccc1OC)C(C)C. The first kappa shape index (κ1) is 18.0. The van der Waals surface area contributed by atoms with Crippen LogP contribution in [0.5, 0.6) is 5.75 Å². The van der Waals surface area contributed by atoms with Crippen LogP contribution >= 0.6 is 0 Å². The standard InChI is InChI=1S/C18H32N2O/c1-7-19-17(14(3)4)13-20(8-2)15(5)16-11-9-10-12-18(16)21-6/h9-12,14-15,17,19H,7-8,13H2,1-6H3/t15-,17+/m0/s1. The van der Waals surface area contributed by atoms with Gasteiger partial charge in [0, 0.05) is 24.2 Å². The van der Waals surface area contributed by atoms with Crippen LogP contribution in [-0.2, 0) is 0 Å². The summed E-state index contributed by atoms with van der Waals surface area (Å²) in [7, 11) is 1.75. The van der Waals surface area contributed by atoms with E-state index in [1.165, 1.54) is 5.56 Å². The molecule has 0 fully saturated rings. The quantitative estimate of drug-likeness (QED) is 0.751. The molecule has 120 valence electrons. The van der Waals surface area contributed by atoms with E-state index in [2.05, 4.69) is 57.0 Å². The number of ether oxygens (including phenoxy) is 1. The van der Waals surface area contributed by atoms with Gasteiger partial charge in [-0.3, -0.25) is 4.90 Å². The zero-order valence-electron chi connectivity index (χ0n) is 14.5. The molecule has 0 bridgehead atoms. The number of hydrogen-bond acceptors (Lipinski definition) is 3. The van der Waals surface area contributed by atoms with Gasteiger partial charge in [0.25, 0.3) is 0 Å². The lowest BCUT2D eigenvalue weighted by molar-refractivity contribution is 0.177. The van der Waals surface area contributed by atoms with Crippen LogP contribution in [0.4, 0.5) is 0 Å². The number of methoxy groups -OCH3 is 1. The van der Waals surface area contributed by atoms with Gasteiger partial charge in [-0.2, -0.15) is 0 Å². The van der Waals surface area contributed by atoms with Crippen molar-refractivity contribution in [3.05, 3.63) is 29.8 Å². The van der Waals surface area contributed by atoms with Crippen LogP contribution in [0.2, 0.25) is 0 Å². The summed E-state index contributed by atoms with van der Waals surface area (Å²) in [6.07, 6.45) is 0. The maximum atomic E-state index is 5.52. The molecule has 1 rings (SSSR count). The number of rotatable bonds is 9. The average Bonchev–Trinajstić information content (AvgIpc) is 2.50. The molecule has 0 saturated carbocycles. The fourth-order valence-corrected chi connectivity index (χ4v) is 2.80. The van der Waals surface area contributed by atoms with Crippen molar-refractivity contribution >= 4 is 0 Å². The molecule has 3 nitrogen and oxygen atoms in total. The minimum atomic E-state index is 0.353. The van der Waals surface area contributed by atoms with Crippen molar-refractivity contribution in [2.75, 3.05) is 26.7 Å². The number of para-hydroxylation sites is 1. The molecule has 0 spiro atoms. The lowest BCUT2D eigenvalue weighted by Gasteiger charge is -2.34. The monoisotopic (exact) mass is 292 g/mol. The summed E-state index contributed by atoms with van der Waals surface area (Å²) < 4.78 is 5.52. The third-order valence-electron chi connectivity index (χ3n) is 4.25. The van der Waals surface area contributed by atoms with Crippen LogP contribution in [0, 0.1) is 5.92 Å². The summed E-state index contributed by atoms with van der Waals surface area (Å²) in [4.78, 5) is 2.52. The van der Waals surface area contributed by atoms with Crippen LogP contribution in [-0.4, -0.2) is 37.7 Å². The molecule has 1 aromatic carbocycles. The van der Waals surface area contributed by atoms with E-state index in [4.69, 9.17) is 4.74 Å². The Labute approximate surface area is 130 Å². The Morgan fingerprint density at radius 1 is 1.14 bits per heavy atom. The zero-order chi connectivity index (χ0) is 15.8. The number of likely N-dealkylation sites (N-methyl/N-ethyl adjacent to an activating group) is 2. The molecule has 1 aromatic rings. The van der Waals surface area contributed by atoms with Gasteiger partial charge in [-0.25, -0.2) is 0 Å². The predicted octanol–water partition coefficient (Wildman–Crippen LogP) is 3.71. The van der Waals surface area contributed by atoms with E-state index in [9.17, 15) is 0 Å². The maximum Gasteiger partial charge on any atom is 0.123 e. The van der Waals surface area contributed by atoms with Crippen LogP contribution in [0.3, 0.4) is 0 Å². The highest BCUT2D eigenvalue weighted by Crippen LogP contribution is 2.29. The molecule has 0 aliphatic carbocycles. The molecule has 0 aromatic heterocycles. The van der Waals surface area contributed by atoms with E-state index < -0.39 is 0 Å². The number of nitrogens with zero attached hydrogens (tertiary/aromatic N) is 1. The van der Waals surface area contributed by atoms with Gasteiger partial charge in [0.05, 0.1) is 7.11 Å². The molecule has 0 radical (unpaired) electrons. The van der Waals surface area contributed by atoms with Crippen molar-refractivity contribution in [2.24, 2.45) is 5.92 Å². The van der Waals surface area contributed by atoms with E-state index in [0.717, 1.165) is 25.4 Å². The van der Waals surface area contributed by atoms with Crippen molar-refractivity contribution in [3.63, 3.8) is 0 Å². The zero-order valence-corrected chi connectivity index (χ0v) is 14.5. The Morgan fingerprint density at radius 3 is 2.33 bits per heavy atom. The molecule has 1 N–H and O–H groups in total. The normalized spacial score (nSPS) is 14.5. The molecule has 0 heterocycles. The van der Waals surface area contributed by atoms with Crippen molar-refractivity contribution in [2.45, 2.75) is 46.7 Å². The largest absolute Gasteiger partial charge is 0.496 e. The predicted molar refractivity (Wildman–Crippen MR) is 91.0 cm³/mol. The van der Waals surface area contributed by atoms with E-state index in [-0.39, 0.29) is 0 Å². The smallest absolute Gasteiger partial charge is 0.123 e. The summed E-state index contributed by atoms with van der Waals surface area (Å²) >= 11 is 0. The van der Waals surface area contributed by atoms with Gasteiger partial charge in [0.2, 0.25) is 0 Å². The van der Waals surface area contributed by atoms with Crippen molar-refractivity contribution in [3.8, 4) is 5.75 Å². The lowest BCUT2D eigenvalue weighted by atomic mass is 10.0. The van der Waals surface area contributed by atoms with E-state index in [1.54, 1.807) is 7.11 Å². The van der Waals surface area contributed by atoms with E-state index >= 15 is 0 Å². The van der Waals surface area contributed by atoms with Crippen LogP contribution < -0.4 is 10.1 Å². The van der Waals surface area contributed by atoms with Gasteiger partial charge >= 0.3 is 0 Å². The number of nitrogens with one attached hydrogen (secondary N) is 1. The highest BCUT2D eigenvalue weighted by Gasteiger charge is 2.22. The second-order valence-corrected chi connectivity index (χ2v) is 5.91. The molecular formula is C18H32N2O. The molecule has 21 heavy (non-hydrogen) atoms. The van der Waals surface area contributed by atoms with Crippen molar-refractivity contribution < 1.29 is 4.74 Å². The van der Waals surface area contributed by atoms with Gasteiger partial charge in [0.1, 0.15) is 5.75 Å². The summed E-state index contributed by atoms with van der Waals surface area (Å²) in [5, 5.41) is 3.61. The summed E-state index contributed by atoms with van der Waals surface area (Å²) in [5.41, 5.74) is 1.26. The number of benzene rings is 1. The first-order chi connectivity index (χ1) is 10.0. The van der Waals surface area contributed by atoms with Gasteiger partial charge in [-0.15, -0.1) is 0 Å². The summed E-state index contributed by atoms with van der Waals surface area (Å²) in [5.74, 6) is 1.61. The van der Waals surface area contributed by atoms with Crippen molar-refractivity contribution in [1.29, 1.82) is 0 Å². The third kappa shape index (κ3) is 5.01. The molecular weight excluding hydrogens is 260 g/mol. The third-order valence-corrected chi connectivity index (χ3v) is 4.25. The van der Waals surface area contributed by atoms with E-state index in [1.807, 2.05) is 12.1 Å². The Hall–Kier alpha value is -1.06. The molecule has 3 heteroatoms. The number of hydrogen-bond donors (Lipinski definition) is 1. The second-order valence-electron chi connectivity index (χ2n) is 5.91. The average molecular weight is 292 g/mol. The molecule has 0 saturated heterocycles. The Balaban J connectivity index is 2.87. The highest BCUT2D eigenvalue weighted by molar-refractivity contribution is 5.35. The lowest BCUT2D eigenvalue weighted by Crippen LogP contribution is -2.45. The highest BCUT2D eigenvalue weighted by atomic mass is 16.5. The molecule has 0 aliphatic rings. The molecule has 2 atom stereocenters. The summed E-state index contributed by atoms with van der Waals surface area (Å²) in [6, 6.07) is 9.21. The Morgan fingerprint density at radius 2 is 1.81 bits per heavy atom. The molecule has 0 aliphatic heterocycles. The first-order valence-electron chi connectivity index (χ1n) is 8.15. The van der Waals surface area contributed by atoms with Crippen LogP contribution in [0.1, 0.15) is 46.2 Å². The Bertz CT molecular complexity index is 406. The fourth-order valence-electron chi connectivity index (χ4n) is 2.80. The van der Waals surface area contributed by atoms with Gasteiger partial charge in [0.15, 0.2) is 0 Å². The van der Waals surface area contributed by atoms with Gasteiger partial charge < -0.3 is 10.1 Å².